The molecule has 3 aromatic rings. The molecule has 3 heterocycles. The van der Waals surface area contributed by atoms with E-state index < -0.39 is 6.09 Å². The van der Waals surface area contributed by atoms with Crippen molar-refractivity contribution < 1.29 is 14.6 Å². The second kappa shape index (κ2) is 8.75. The molecule has 1 aliphatic rings. The Balaban J connectivity index is 1.58. The first kappa shape index (κ1) is 19.6. The fourth-order valence-corrected chi connectivity index (χ4v) is 3.90. The van der Waals surface area contributed by atoms with E-state index >= 15 is 0 Å². The SMILES string of the molecule is O=C(Nc1cc(N[C@@H]2CCCC[C@H]2CO)nc2c(Br)cnn12)Oc1cccnc1. The fourth-order valence-electron chi connectivity index (χ4n) is 3.55. The van der Waals surface area contributed by atoms with Crippen LogP contribution in [0.15, 0.2) is 41.3 Å². The third-order valence-electron chi connectivity index (χ3n) is 4.98. The molecule has 0 aliphatic heterocycles. The number of aliphatic hydroxyl groups is 1. The lowest BCUT2D eigenvalue weighted by molar-refractivity contribution is 0.178. The van der Waals surface area contributed by atoms with Crippen molar-refractivity contribution in [1.82, 2.24) is 19.6 Å². The molecule has 1 saturated carbocycles. The zero-order valence-corrected chi connectivity index (χ0v) is 17.2. The van der Waals surface area contributed by atoms with Crippen molar-refractivity contribution in [2.75, 3.05) is 17.2 Å². The molecule has 10 heteroatoms. The average Bonchev–Trinajstić information content (AvgIpc) is 3.10. The van der Waals surface area contributed by atoms with E-state index in [0.29, 0.717) is 27.5 Å². The molecule has 3 N–H and O–H groups in total. The number of carbonyl (C=O) groups excluding carboxylic acids is 1. The maximum absolute atomic E-state index is 12.3. The minimum absolute atomic E-state index is 0.126. The summed E-state index contributed by atoms with van der Waals surface area (Å²) in [5, 5.41) is 20.1. The largest absolute Gasteiger partial charge is 0.418 e. The number of hydrogen-bond donors (Lipinski definition) is 3. The number of ether oxygens (including phenoxy) is 1. The number of amides is 1. The van der Waals surface area contributed by atoms with Crippen molar-refractivity contribution in [1.29, 1.82) is 0 Å². The normalized spacial score (nSPS) is 19.1. The van der Waals surface area contributed by atoms with Crippen molar-refractivity contribution in [3.8, 4) is 5.75 Å². The lowest BCUT2D eigenvalue weighted by Gasteiger charge is -2.31. The zero-order chi connectivity index (χ0) is 20.2. The smallest absolute Gasteiger partial charge is 0.408 e. The first-order chi connectivity index (χ1) is 14.1. The lowest BCUT2D eigenvalue weighted by Crippen LogP contribution is -2.34. The molecule has 2 atom stereocenters. The highest BCUT2D eigenvalue weighted by Gasteiger charge is 2.25. The van der Waals surface area contributed by atoms with Gasteiger partial charge in [0.25, 0.3) is 0 Å². The second-order valence-electron chi connectivity index (χ2n) is 6.94. The van der Waals surface area contributed by atoms with Gasteiger partial charge in [-0.3, -0.25) is 10.3 Å². The van der Waals surface area contributed by atoms with Crippen LogP contribution < -0.4 is 15.4 Å². The Bertz CT molecular complexity index is 996. The van der Waals surface area contributed by atoms with Crippen LogP contribution in [0, 0.1) is 5.92 Å². The summed E-state index contributed by atoms with van der Waals surface area (Å²) in [7, 11) is 0. The molecule has 1 aliphatic carbocycles. The number of nitrogens with zero attached hydrogens (tertiary/aromatic N) is 4. The molecular formula is C19H21BrN6O3. The van der Waals surface area contributed by atoms with Crippen molar-refractivity contribution in [3.63, 3.8) is 0 Å². The maximum atomic E-state index is 12.3. The molecule has 9 nitrogen and oxygen atoms in total. The van der Waals surface area contributed by atoms with Crippen LogP contribution in [0.5, 0.6) is 5.75 Å². The van der Waals surface area contributed by atoms with E-state index in [0.717, 1.165) is 25.7 Å². The number of carbonyl (C=O) groups is 1. The van der Waals surface area contributed by atoms with Crippen LogP contribution in [-0.4, -0.2) is 43.4 Å². The van der Waals surface area contributed by atoms with Gasteiger partial charge in [0.15, 0.2) is 11.4 Å². The van der Waals surface area contributed by atoms with Crippen LogP contribution in [0.3, 0.4) is 0 Å². The highest BCUT2D eigenvalue weighted by atomic mass is 79.9. The van der Waals surface area contributed by atoms with Gasteiger partial charge in [0, 0.05) is 30.8 Å². The van der Waals surface area contributed by atoms with Crippen molar-refractivity contribution >= 4 is 39.3 Å². The highest BCUT2D eigenvalue weighted by molar-refractivity contribution is 9.10. The third kappa shape index (κ3) is 4.48. The Morgan fingerprint density at radius 2 is 2.21 bits per heavy atom. The van der Waals surface area contributed by atoms with Gasteiger partial charge in [-0.2, -0.15) is 9.61 Å². The number of fused-ring (bicyclic) bond motifs is 1. The molecule has 1 amide bonds. The predicted octanol–water partition coefficient (Wildman–Crippen LogP) is 3.46. The van der Waals surface area contributed by atoms with Crippen LogP contribution in [0.4, 0.5) is 16.4 Å². The van der Waals surface area contributed by atoms with Gasteiger partial charge in [-0.15, -0.1) is 0 Å². The van der Waals surface area contributed by atoms with E-state index in [1.54, 1.807) is 30.6 Å². The van der Waals surface area contributed by atoms with Gasteiger partial charge < -0.3 is 15.2 Å². The predicted molar refractivity (Wildman–Crippen MR) is 111 cm³/mol. The van der Waals surface area contributed by atoms with E-state index in [9.17, 15) is 9.90 Å². The molecule has 3 aromatic heterocycles. The van der Waals surface area contributed by atoms with Gasteiger partial charge in [-0.1, -0.05) is 12.8 Å². The minimum Gasteiger partial charge on any atom is -0.408 e. The van der Waals surface area contributed by atoms with E-state index in [2.05, 4.69) is 41.6 Å². The van der Waals surface area contributed by atoms with Gasteiger partial charge in [0.2, 0.25) is 0 Å². The Hall–Kier alpha value is -2.72. The second-order valence-corrected chi connectivity index (χ2v) is 7.79. The van der Waals surface area contributed by atoms with Crippen molar-refractivity contribution in [2.45, 2.75) is 31.7 Å². The minimum atomic E-state index is -0.658. The molecule has 29 heavy (non-hydrogen) atoms. The molecule has 0 unspecified atom stereocenters. The molecule has 1 fully saturated rings. The van der Waals surface area contributed by atoms with Gasteiger partial charge in [-0.25, -0.2) is 9.78 Å². The van der Waals surface area contributed by atoms with Crippen LogP contribution in [0.1, 0.15) is 25.7 Å². The summed E-state index contributed by atoms with van der Waals surface area (Å²) >= 11 is 3.44. The maximum Gasteiger partial charge on any atom is 0.418 e. The molecule has 4 rings (SSSR count). The summed E-state index contributed by atoms with van der Waals surface area (Å²) in [5.74, 6) is 1.53. The lowest BCUT2D eigenvalue weighted by atomic mass is 9.85. The van der Waals surface area contributed by atoms with Crippen molar-refractivity contribution in [3.05, 3.63) is 41.3 Å². The van der Waals surface area contributed by atoms with Gasteiger partial charge in [0.05, 0.1) is 16.9 Å². The Morgan fingerprint density at radius 1 is 1.34 bits per heavy atom. The quantitative estimate of drug-likeness (QED) is 0.533. The monoisotopic (exact) mass is 460 g/mol. The summed E-state index contributed by atoms with van der Waals surface area (Å²) in [6.07, 6.45) is 8.18. The molecule has 0 radical (unpaired) electrons. The Kier molecular flexibility index (Phi) is 5.91. The van der Waals surface area contributed by atoms with Crippen LogP contribution in [-0.2, 0) is 0 Å². The van der Waals surface area contributed by atoms with Crippen LogP contribution in [0.25, 0.3) is 5.65 Å². The van der Waals surface area contributed by atoms with Crippen LogP contribution in [0.2, 0.25) is 0 Å². The zero-order valence-electron chi connectivity index (χ0n) is 15.6. The number of rotatable bonds is 5. The number of aromatic nitrogens is 4. The average molecular weight is 461 g/mol. The van der Waals surface area contributed by atoms with Crippen LogP contribution >= 0.6 is 15.9 Å². The standard InChI is InChI=1S/C19H21BrN6O3/c20-14-10-22-26-17(25-19(28)29-13-5-3-7-21-9-13)8-16(24-18(14)26)23-15-6-2-1-4-12(15)11-27/h3,5,7-10,12,15,27H,1-2,4,6,11H2,(H,23,24)(H,25,28)/t12-,15+/m0/s1. The molecule has 152 valence electrons. The number of hydrogen-bond acceptors (Lipinski definition) is 7. The molecule has 0 bridgehead atoms. The molecular weight excluding hydrogens is 440 g/mol. The van der Waals surface area contributed by atoms with Gasteiger partial charge in [0.1, 0.15) is 11.6 Å². The van der Waals surface area contributed by atoms with E-state index in [-0.39, 0.29) is 18.6 Å². The number of aliphatic hydroxyl groups excluding tert-OH is 1. The van der Waals surface area contributed by atoms with Gasteiger partial charge >= 0.3 is 6.09 Å². The topological polar surface area (TPSA) is 114 Å². The summed E-state index contributed by atoms with van der Waals surface area (Å²) in [5.41, 5.74) is 0.558. The molecule has 0 spiro atoms. The summed E-state index contributed by atoms with van der Waals surface area (Å²) < 4.78 is 7.48. The van der Waals surface area contributed by atoms with E-state index in [4.69, 9.17) is 4.74 Å². The number of nitrogens with one attached hydrogen (secondary N) is 2. The summed E-state index contributed by atoms with van der Waals surface area (Å²) in [6, 6.07) is 5.16. The highest BCUT2D eigenvalue weighted by Crippen LogP contribution is 2.28. The van der Waals surface area contributed by atoms with E-state index in [1.165, 1.54) is 10.7 Å². The number of pyridine rings is 1. The van der Waals surface area contributed by atoms with E-state index in [1.807, 2.05) is 0 Å². The third-order valence-corrected chi connectivity index (χ3v) is 5.54. The molecule has 0 saturated heterocycles. The Morgan fingerprint density at radius 3 is 3.00 bits per heavy atom. The fraction of sp³-hybridized carbons (Fsp3) is 0.368. The first-order valence-corrected chi connectivity index (χ1v) is 10.2. The van der Waals surface area contributed by atoms with Crippen molar-refractivity contribution in [2.24, 2.45) is 5.92 Å². The summed E-state index contributed by atoms with van der Waals surface area (Å²) in [4.78, 5) is 20.9. The summed E-state index contributed by atoms with van der Waals surface area (Å²) in [6.45, 7) is 0.138. The first-order valence-electron chi connectivity index (χ1n) is 9.44. The number of anilines is 2. The molecule has 0 aromatic carbocycles. The number of halogens is 1. The van der Waals surface area contributed by atoms with Gasteiger partial charge in [-0.05, 0) is 40.9 Å². The Labute approximate surface area is 175 Å².